The summed E-state index contributed by atoms with van der Waals surface area (Å²) in [6.07, 6.45) is -1.42. The molecule has 0 saturated carbocycles. The van der Waals surface area contributed by atoms with Crippen molar-refractivity contribution in [3.63, 3.8) is 0 Å². The summed E-state index contributed by atoms with van der Waals surface area (Å²) in [4.78, 5) is 32.0. The van der Waals surface area contributed by atoms with Gasteiger partial charge < -0.3 is 15.1 Å². The molecule has 0 bridgehead atoms. The van der Waals surface area contributed by atoms with Crippen LogP contribution >= 0.6 is 0 Å². The number of para-hydroxylation sites is 1. The van der Waals surface area contributed by atoms with Crippen LogP contribution in [0.2, 0.25) is 0 Å². The van der Waals surface area contributed by atoms with E-state index in [2.05, 4.69) is 10.3 Å². The van der Waals surface area contributed by atoms with Crippen molar-refractivity contribution in [2.45, 2.75) is 31.5 Å². The van der Waals surface area contributed by atoms with Crippen molar-refractivity contribution >= 4 is 34.6 Å². The van der Waals surface area contributed by atoms with E-state index in [-0.39, 0.29) is 23.7 Å². The number of aromatic nitrogens is 1. The summed E-state index contributed by atoms with van der Waals surface area (Å²) >= 11 is 0. The normalized spacial score (nSPS) is 14.8. The SMILES string of the molecule is CNc1cccc(C(F)(F)F)c1N(C=O)C1CCN(C(=O)Cc2ccc3ncccc3c2)CC1. The number of benzene rings is 2. The van der Waals surface area contributed by atoms with E-state index in [1.807, 2.05) is 30.3 Å². The van der Waals surface area contributed by atoms with E-state index < -0.39 is 17.8 Å². The summed E-state index contributed by atoms with van der Waals surface area (Å²) in [6, 6.07) is 12.8. The van der Waals surface area contributed by atoms with Gasteiger partial charge in [-0.15, -0.1) is 0 Å². The standard InChI is InChI=1S/C25H25F3N4O2/c1-29-22-6-2-5-20(25(26,27)28)24(22)32(16-33)19-9-12-31(13-10-19)23(34)15-17-7-8-21-18(14-17)4-3-11-30-21/h2-8,11,14,16,19,29H,9-10,12-13,15H2,1H3. The predicted molar refractivity (Wildman–Crippen MR) is 125 cm³/mol. The molecular formula is C25H25F3N4O2. The number of alkyl halides is 3. The molecule has 2 aromatic carbocycles. The lowest BCUT2D eigenvalue weighted by Gasteiger charge is -2.38. The van der Waals surface area contributed by atoms with Crippen LogP contribution in [0.4, 0.5) is 24.5 Å². The van der Waals surface area contributed by atoms with Gasteiger partial charge in [0.05, 0.1) is 28.9 Å². The molecule has 0 spiro atoms. The summed E-state index contributed by atoms with van der Waals surface area (Å²) < 4.78 is 41.0. The number of rotatable bonds is 6. The molecule has 3 aromatic rings. The van der Waals surface area contributed by atoms with Crippen LogP contribution in [0.1, 0.15) is 24.0 Å². The van der Waals surface area contributed by atoms with Crippen LogP contribution in [0.5, 0.6) is 0 Å². The Labute approximate surface area is 195 Å². The minimum atomic E-state index is -4.60. The van der Waals surface area contributed by atoms with Crippen molar-refractivity contribution in [2.24, 2.45) is 0 Å². The van der Waals surface area contributed by atoms with Crippen LogP contribution in [0.3, 0.4) is 0 Å². The molecule has 0 aliphatic carbocycles. The molecule has 0 radical (unpaired) electrons. The third-order valence-electron chi connectivity index (χ3n) is 6.22. The van der Waals surface area contributed by atoms with Crippen molar-refractivity contribution < 1.29 is 22.8 Å². The number of amides is 2. The zero-order valence-corrected chi connectivity index (χ0v) is 18.7. The van der Waals surface area contributed by atoms with Gasteiger partial charge in [0.25, 0.3) is 0 Å². The van der Waals surface area contributed by atoms with Crippen LogP contribution in [0.15, 0.2) is 54.7 Å². The highest BCUT2D eigenvalue weighted by atomic mass is 19.4. The zero-order chi connectivity index (χ0) is 24.3. The molecule has 178 valence electrons. The van der Waals surface area contributed by atoms with Gasteiger partial charge in [-0.3, -0.25) is 14.6 Å². The van der Waals surface area contributed by atoms with Crippen molar-refractivity contribution in [2.75, 3.05) is 30.4 Å². The highest BCUT2D eigenvalue weighted by Crippen LogP contribution is 2.42. The Morgan fingerprint density at radius 2 is 1.94 bits per heavy atom. The molecule has 1 aliphatic rings. The number of carbonyl (C=O) groups excluding carboxylic acids is 2. The number of anilines is 2. The van der Waals surface area contributed by atoms with Crippen LogP contribution in [-0.2, 0) is 22.2 Å². The lowest BCUT2D eigenvalue weighted by atomic mass is 9.99. The van der Waals surface area contributed by atoms with Crippen LogP contribution in [0.25, 0.3) is 10.9 Å². The van der Waals surface area contributed by atoms with Gasteiger partial charge in [0, 0.05) is 37.8 Å². The van der Waals surface area contributed by atoms with Crippen LogP contribution in [0, 0.1) is 0 Å². The predicted octanol–water partition coefficient (Wildman–Crippen LogP) is 4.49. The van der Waals surface area contributed by atoms with Crippen LogP contribution in [-0.4, -0.2) is 48.4 Å². The smallest absolute Gasteiger partial charge is 0.386 e. The topological polar surface area (TPSA) is 65.5 Å². The number of carbonyl (C=O) groups is 2. The van der Waals surface area contributed by atoms with Gasteiger partial charge in [-0.2, -0.15) is 13.2 Å². The van der Waals surface area contributed by atoms with Gasteiger partial charge in [-0.25, -0.2) is 0 Å². The van der Waals surface area contributed by atoms with E-state index in [0.29, 0.717) is 32.3 Å². The average Bonchev–Trinajstić information content (AvgIpc) is 2.84. The Morgan fingerprint density at radius 1 is 1.18 bits per heavy atom. The van der Waals surface area contributed by atoms with Gasteiger partial charge in [-0.1, -0.05) is 18.2 Å². The number of nitrogens with one attached hydrogen (secondary N) is 1. The molecule has 2 heterocycles. The third kappa shape index (κ3) is 4.83. The van der Waals surface area contributed by atoms with Gasteiger partial charge in [-0.05, 0) is 48.7 Å². The van der Waals surface area contributed by atoms with E-state index in [4.69, 9.17) is 0 Å². The Balaban J connectivity index is 1.46. The average molecular weight is 470 g/mol. The van der Waals surface area contributed by atoms with E-state index >= 15 is 0 Å². The molecular weight excluding hydrogens is 445 g/mol. The minimum Gasteiger partial charge on any atom is -0.386 e. The van der Waals surface area contributed by atoms with E-state index in [0.717, 1.165) is 27.4 Å². The van der Waals surface area contributed by atoms with Crippen molar-refractivity contribution in [3.05, 3.63) is 65.9 Å². The first kappa shape index (κ1) is 23.5. The highest BCUT2D eigenvalue weighted by Gasteiger charge is 2.38. The molecule has 1 N–H and O–H groups in total. The number of hydrogen-bond donors (Lipinski definition) is 1. The summed E-state index contributed by atoms with van der Waals surface area (Å²) in [6.45, 7) is 0.734. The third-order valence-corrected chi connectivity index (χ3v) is 6.22. The van der Waals surface area contributed by atoms with Crippen molar-refractivity contribution in [1.82, 2.24) is 9.88 Å². The number of piperidine rings is 1. The molecule has 1 saturated heterocycles. The van der Waals surface area contributed by atoms with Gasteiger partial charge >= 0.3 is 6.18 Å². The van der Waals surface area contributed by atoms with Gasteiger partial charge in [0.1, 0.15) is 0 Å². The van der Waals surface area contributed by atoms with Gasteiger partial charge in [0.2, 0.25) is 12.3 Å². The second-order valence-corrected chi connectivity index (χ2v) is 8.28. The molecule has 0 unspecified atom stereocenters. The summed E-state index contributed by atoms with van der Waals surface area (Å²) in [7, 11) is 1.52. The first-order chi connectivity index (χ1) is 16.3. The largest absolute Gasteiger partial charge is 0.418 e. The second-order valence-electron chi connectivity index (χ2n) is 8.28. The maximum Gasteiger partial charge on any atom is 0.418 e. The zero-order valence-electron chi connectivity index (χ0n) is 18.7. The van der Waals surface area contributed by atoms with Crippen molar-refractivity contribution in [1.29, 1.82) is 0 Å². The maximum atomic E-state index is 13.7. The van der Waals surface area contributed by atoms with Crippen LogP contribution < -0.4 is 10.2 Å². The lowest BCUT2D eigenvalue weighted by Crippen LogP contribution is -2.47. The van der Waals surface area contributed by atoms with E-state index in [9.17, 15) is 22.8 Å². The number of hydrogen-bond acceptors (Lipinski definition) is 4. The minimum absolute atomic E-state index is 0.0500. The summed E-state index contributed by atoms with van der Waals surface area (Å²) in [5.74, 6) is -0.0500. The van der Waals surface area contributed by atoms with E-state index in [1.54, 1.807) is 11.1 Å². The number of likely N-dealkylation sites (tertiary alicyclic amines) is 1. The monoisotopic (exact) mass is 470 g/mol. The summed E-state index contributed by atoms with van der Waals surface area (Å²) in [5.41, 5.74) is 0.914. The number of nitrogens with zero attached hydrogens (tertiary/aromatic N) is 3. The quantitative estimate of drug-likeness (QED) is 0.539. The summed E-state index contributed by atoms with van der Waals surface area (Å²) in [5, 5.41) is 3.71. The molecule has 6 nitrogen and oxygen atoms in total. The fourth-order valence-electron chi connectivity index (χ4n) is 4.49. The molecule has 1 aliphatic heterocycles. The number of pyridine rings is 1. The van der Waals surface area contributed by atoms with E-state index in [1.165, 1.54) is 19.2 Å². The molecule has 34 heavy (non-hydrogen) atoms. The highest BCUT2D eigenvalue weighted by molar-refractivity contribution is 5.87. The molecule has 9 heteroatoms. The Bertz CT molecular complexity index is 1190. The fourth-order valence-corrected chi connectivity index (χ4v) is 4.49. The van der Waals surface area contributed by atoms with Crippen molar-refractivity contribution in [3.8, 4) is 0 Å². The maximum absolute atomic E-state index is 13.7. The number of halogens is 3. The molecule has 0 atom stereocenters. The fraction of sp³-hybridized carbons (Fsp3) is 0.320. The molecule has 2 amide bonds. The lowest BCUT2D eigenvalue weighted by molar-refractivity contribution is -0.137. The van der Waals surface area contributed by atoms with Gasteiger partial charge in [0.15, 0.2) is 0 Å². The Morgan fingerprint density at radius 3 is 2.62 bits per heavy atom. The first-order valence-corrected chi connectivity index (χ1v) is 11.0. The Kier molecular flexibility index (Phi) is 6.72. The Hall–Kier alpha value is -3.62. The number of fused-ring (bicyclic) bond motifs is 1. The molecule has 4 rings (SSSR count). The molecule has 1 aromatic heterocycles. The first-order valence-electron chi connectivity index (χ1n) is 11.0. The second kappa shape index (κ2) is 9.70. The molecule has 1 fully saturated rings.